The number of anilines is 1. The predicted molar refractivity (Wildman–Crippen MR) is 170 cm³/mol. The molecule has 3 aliphatic rings. The largest absolute Gasteiger partial charge is 0.493 e. The number of aliphatic imine (C=N–C) groups is 1. The van der Waals surface area contributed by atoms with Crippen LogP contribution in [-0.4, -0.2) is 84.8 Å². The number of benzene rings is 2. The van der Waals surface area contributed by atoms with E-state index in [1.165, 1.54) is 11.1 Å². The van der Waals surface area contributed by atoms with Crippen molar-refractivity contribution in [3.8, 4) is 11.5 Å². The summed E-state index contributed by atoms with van der Waals surface area (Å²) in [6, 6.07) is 8.13. The molecule has 0 saturated carbocycles. The number of amides is 4. The van der Waals surface area contributed by atoms with Crippen molar-refractivity contribution in [1.82, 2.24) is 15.1 Å². The number of ether oxygens (including phenoxy) is 2. The number of guanidine groups is 1. The van der Waals surface area contributed by atoms with Gasteiger partial charge in [-0.15, -0.1) is 0 Å². The Hall–Kier alpha value is -4.45. The van der Waals surface area contributed by atoms with Gasteiger partial charge in [0.1, 0.15) is 17.5 Å². The van der Waals surface area contributed by atoms with Gasteiger partial charge in [0.05, 0.1) is 29.5 Å². The number of aryl methyl sites for hydroxylation is 1. The number of nitrogens with zero attached hydrogens (tertiary/aromatic N) is 3. The van der Waals surface area contributed by atoms with Crippen LogP contribution in [-0.2, 0) is 9.59 Å². The van der Waals surface area contributed by atoms with E-state index < -0.39 is 29.7 Å². The van der Waals surface area contributed by atoms with E-state index >= 15 is 0 Å². The fourth-order valence-corrected chi connectivity index (χ4v) is 6.33. The smallest absolute Gasteiger partial charge is 0.266 e. The van der Waals surface area contributed by atoms with E-state index in [0.717, 1.165) is 55.2 Å². The summed E-state index contributed by atoms with van der Waals surface area (Å²) in [6.45, 7) is 9.25. The molecule has 240 valence electrons. The van der Waals surface area contributed by atoms with Crippen molar-refractivity contribution in [3.63, 3.8) is 0 Å². The molecule has 3 aliphatic heterocycles. The van der Waals surface area contributed by atoms with Crippen molar-refractivity contribution in [1.29, 1.82) is 0 Å². The van der Waals surface area contributed by atoms with E-state index in [2.05, 4.69) is 39.6 Å². The van der Waals surface area contributed by atoms with E-state index in [9.17, 15) is 19.2 Å². The Morgan fingerprint density at radius 1 is 1.09 bits per heavy atom. The Bertz CT molecular complexity index is 1510. The molecule has 45 heavy (non-hydrogen) atoms. The van der Waals surface area contributed by atoms with Crippen molar-refractivity contribution in [2.45, 2.75) is 70.9 Å². The van der Waals surface area contributed by atoms with Gasteiger partial charge in [-0.25, -0.2) is 0 Å². The summed E-state index contributed by atoms with van der Waals surface area (Å²) in [6.07, 6.45) is 3.00. The molecule has 2 aromatic carbocycles. The topological polar surface area (TPSA) is 156 Å². The van der Waals surface area contributed by atoms with Crippen LogP contribution in [0.3, 0.4) is 0 Å². The minimum Gasteiger partial charge on any atom is -0.493 e. The zero-order valence-corrected chi connectivity index (χ0v) is 26.4. The van der Waals surface area contributed by atoms with Gasteiger partial charge in [0, 0.05) is 20.0 Å². The van der Waals surface area contributed by atoms with Crippen molar-refractivity contribution in [2.24, 2.45) is 10.7 Å². The highest BCUT2D eigenvalue weighted by Gasteiger charge is 2.46. The Morgan fingerprint density at radius 2 is 1.84 bits per heavy atom. The molecule has 5 rings (SSSR count). The SMILES string of the molecule is C/N=C(\N)Nc1cc(C)c(C2CCN(CCCOc3cccc4c3C(=O)N(C3CCC(=O)NC3=O)C4=O)CC2)cc1OC(C)C. The molecule has 12 nitrogen and oxygen atoms in total. The van der Waals surface area contributed by atoms with Crippen LogP contribution >= 0.6 is 0 Å². The highest BCUT2D eigenvalue weighted by Crippen LogP contribution is 2.37. The standard InChI is InChI=1S/C33H42N6O6/c1-19(2)45-27-18-23(20(3)17-24(27)36-33(34)35-4)21-11-14-38(15-12-21)13-6-16-44-26-8-5-7-22-29(26)32(43)39(31(22)42)25-9-10-28(40)37-30(25)41/h5,7-8,17-19,21,25H,6,9-16H2,1-4H3,(H3,34,35,36)(H,37,40,41). The van der Waals surface area contributed by atoms with E-state index in [1.807, 2.05) is 13.8 Å². The number of rotatable bonds is 10. The number of fused-ring (bicyclic) bond motifs is 1. The van der Waals surface area contributed by atoms with Gasteiger partial charge < -0.3 is 25.4 Å². The third-order valence-corrected chi connectivity index (χ3v) is 8.57. The zero-order chi connectivity index (χ0) is 32.2. The minimum absolute atomic E-state index is 0.0183. The first kappa shape index (κ1) is 32.0. The first-order valence-corrected chi connectivity index (χ1v) is 15.6. The molecule has 2 fully saturated rings. The second-order valence-electron chi connectivity index (χ2n) is 12.0. The molecule has 4 amide bonds. The Kier molecular flexibility index (Phi) is 9.71. The second kappa shape index (κ2) is 13.7. The lowest BCUT2D eigenvalue weighted by Gasteiger charge is -2.33. The summed E-state index contributed by atoms with van der Waals surface area (Å²) in [5.74, 6) is -0.292. The molecular weight excluding hydrogens is 576 g/mol. The summed E-state index contributed by atoms with van der Waals surface area (Å²) in [7, 11) is 1.64. The van der Waals surface area contributed by atoms with Gasteiger partial charge in [-0.3, -0.25) is 34.4 Å². The number of imide groups is 2. The van der Waals surface area contributed by atoms with Crippen LogP contribution in [0.25, 0.3) is 0 Å². The average Bonchev–Trinajstić information content (AvgIpc) is 3.26. The van der Waals surface area contributed by atoms with Crippen LogP contribution in [0.4, 0.5) is 5.69 Å². The summed E-state index contributed by atoms with van der Waals surface area (Å²) in [4.78, 5) is 57.7. The lowest BCUT2D eigenvalue weighted by atomic mass is 9.86. The number of hydrogen-bond acceptors (Lipinski definition) is 8. The molecule has 12 heteroatoms. The van der Waals surface area contributed by atoms with Gasteiger partial charge in [-0.05, 0) is 101 Å². The lowest BCUT2D eigenvalue weighted by molar-refractivity contribution is -0.136. The number of nitrogens with one attached hydrogen (secondary N) is 2. The normalized spacial score (nSPS) is 19.6. The Labute approximate surface area is 263 Å². The van der Waals surface area contributed by atoms with Crippen LogP contribution in [0.1, 0.15) is 83.7 Å². The number of nitrogens with two attached hydrogens (primary N) is 1. The van der Waals surface area contributed by atoms with Crippen molar-refractivity contribution in [2.75, 3.05) is 38.6 Å². The van der Waals surface area contributed by atoms with Gasteiger partial charge in [0.2, 0.25) is 11.8 Å². The number of carbonyl (C=O) groups excluding carboxylic acids is 4. The number of likely N-dealkylation sites (tertiary alicyclic amines) is 1. The van der Waals surface area contributed by atoms with Crippen molar-refractivity contribution in [3.05, 3.63) is 52.6 Å². The van der Waals surface area contributed by atoms with Gasteiger partial charge in [-0.2, -0.15) is 0 Å². The summed E-state index contributed by atoms with van der Waals surface area (Å²) < 4.78 is 12.1. The van der Waals surface area contributed by atoms with Crippen LogP contribution in [0.2, 0.25) is 0 Å². The number of piperidine rings is 2. The second-order valence-corrected chi connectivity index (χ2v) is 12.0. The van der Waals surface area contributed by atoms with Gasteiger partial charge >= 0.3 is 0 Å². The van der Waals surface area contributed by atoms with Crippen LogP contribution in [0, 0.1) is 6.92 Å². The molecule has 0 spiro atoms. The van der Waals surface area contributed by atoms with Crippen LogP contribution < -0.4 is 25.8 Å². The average molecular weight is 619 g/mol. The summed E-state index contributed by atoms with van der Waals surface area (Å²) in [5, 5.41) is 5.36. The molecule has 2 aromatic rings. The van der Waals surface area contributed by atoms with Crippen LogP contribution in [0.15, 0.2) is 35.3 Å². The first-order valence-electron chi connectivity index (χ1n) is 15.6. The molecule has 3 heterocycles. The third-order valence-electron chi connectivity index (χ3n) is 8.57. The molecule has 1 unspecified atom stereocenters. The molecule has 0 aromatic heterocycles. The van der Waals surface area contributed by atoms with Crippen molar-refractivity contribution < 1.29 is 28.7 Å². The number of hydrogen-bond donors (Lipinski definition) is 3. The third kappa shape index (κ3) is 6.95. The summed E-state index contributed by atoms with van der Waals surface area (Å²) >= 11 is 0. The maximum Gasteiger partial charge on any atom is 0.266 e. The Morgan fingerprint density at radius 3 is 2.53 bits per heavy atom. The summed E-state index contributed by atoms with van der Waals surface area (Å²) in [5.41, 5.74) is 9.60. The van der Waals surface area contributed by atoms with Crippen LogP contribution in [0.5, 0.6) is 11.5 Å². The van der Waals surface area contributed by atoms with E-state index in [4.69, 9.17) is 15.2 Å². The molecule has 0 radical (unpaired) electrons. The maximum atomic E-state index is 13.3. The highest BCUT2D eigenvalue weighted by molar-refractivity contribution is 6.24. The van der Waals surface area contributed by atoms with Gasteiger partial charge in [0.15, 0.2) is 5.96 Å². The molecule has 0 aliphatic carbocycles. The van der Waals surface area contributed by atoms with Crippen molar-refractivity contribution >= 4 is 35.3 Å². The molecule has 0 bridgehead atoms. The molecule has 4 N–H and O–H groups in total. The van der Waals surface area contributed by atoms with E-state index in [1.54, 1.807) is 25.2 Å². The quantitative estimate of drug-likeness (QED) is 0.158. The van der Waals surface area contributed by atoms with E-state index in [0.29, 0.717) is 24.2 Å². The zero-order valence-electron chi connectivity index (χ0n) is 26.4. The predicted octanol–water partition coefficient (Wildman–Crippen LogP) is 3.19. The fraction of sp³-hybridized carbons (Fsp3) is 0.485. The molecule has 1 atom stereocenters. The minimum atomic E-state index is -1.01. The van der Waals surface area contributed by atoms with Gasteiger partial charge in [-0.1, -0.05) is 6.07 Å². The lowest BCUT2D eigenvalue weighted by Crippen LogP contribution is -2.54. The Balaban J connectivity index is 1.15. The van der Waals surface area contributed by atoms with Gasteiger partial charge in [0.25, 0.3) is 11.8 Å². The molecule has 2 saturated heterocycles. The maximum absolute atomic E-state index is 13.3. The highest BCUT2D eigenvalue weighted by atomic mass is 16.5. The number of carbonyl (C=O) groups is 4. The first-order chi connectivity index (χ1) is 21.6. The fourth-order valence-electron chi connectivity index (χ4n) is 6.33. The molecular formula is C33H42N6O6. The monoisotopic (exact) mass is 618 g/mol. The van der Waals surface area contributed by atoms with E-state index in [-0.39, 0.29) is 30.1 Å².